The summed E-state index contributed by atoms with van der Waals surface area (Å²) in [4.78, 5) is 1.37. The van der Waals surface area contributed by atoms with E-state index in [0.29, 0.717) is 0 Å². The van der Waals surface area contributed by atoms with Crippen LogP contribution in [-0.2, 0) is 10.0 Å². The summed E-state index contributed by atoms with van der Waals surface area (Å²) in [5.74, 6) is 0. The second-order valence-corrected chi connectivity index (χ2v) is 12.3. The summed E-state index contributed by atoms with van der Waals surface area (Å²) in [5, 5.41) is 2.42. The Labute approximate surface area is 110 Å². The van der Waals surface area contributed by atoms with Gasteiger partial charge >= 0.3 is 0 Å². The molecule has 2 rings (SSSR count). The Hall–Kier alpha value is -0.123. The monoisotopic (exact) mass is 268 g/mol. The molecule has 1 aliphatic rings. The van der Waals surface area contributed by atoms with E-state index in [9.17, 15) is 0 Å². The Bertz CT molecular complexity index is 419. The highest BCUT2D eigenvalue weighted by atomic mass is 32.1. The molecule has 0 aliphatic carbocycles. The van der Waals surface area contributed by atoms with E-state index in [1.54, 1.807) is 0 Å². The molecular formula is C14H24OSSi. The van der Waals surface area contributed by atoms with Crippen LogP contribution in [0.25, 0.3) is 0 Å². The molecule has 1 aromatic heterocycles. The largest absolute Gasteiger partial charge is 0.406 e. The molecule has 0 bridgehead atoms. The summed E-state index contributed by atoms with van der Waals surface area (Å²) in [6.07, 6.45) is 0. The quantitative estimate of drug-likeness (QED) is 0.651. The molecule has 0 N–H and O–H groups in total. The molecule has 1 unspecified atom stereocenters. The molecule has 1 aliphatic heterocycles. The van der Waals surface area contributed by atoms with Crippen molar-refractivity contribution in [3.8, 4) is 0 Å². The normalized spacial score (nSPS) is 33.8. The summed E-state index contributed by atoms with van der Waals surface area (Å²) in [6, 6.07) is 4.35. The minimum atomic E-state index is -1.69. The number of thiophene rings is 1. The maximum atomic E-state index is 6.66. The predicted octanol–water partition coefficient (Wildman–Crippen LogP) is 5.01. The van der Waals surface area contributed by atoms with E-state index < -0.39 is 8.32 Å². The lowest BCUT2D eigenvalue weighted by Crippen LogP contribution is -2.42. The van der Waals surface area contributed by atoms with Gasteiger partial charge in [0.25, 0.3) is 0 Å². The minimum Gasteiger partial charge on any atom is -0.406 e. The van der Waals surface area contributed by atoms with Gasteiger partial charge in [-0.2, -0.15) is 0 Å². The van der Waals surface area contributed by atoms with Gasteiger partial charge in [0.15, 0.2) is 8.32 Å². The van der Waals surface area contributed by atoms with Crippen molar-refractivity contribution in [3.63, 3.8) is 0 Å². The van der Waals surface area contributed by atoms with Gasteiger partial charge < -0.3 is 4.43 Å². The standard InChI is InChI=1S/C14H24OSSi/c1-12(2)13(3,4)17(6,7)15-14(12,5)11-9-8-10-16-11/h8-10H,1-7H3. The average Bonchev–Trinajstić information content (AvgIpc) is 2.71. The molecule has 0 amide bonds. The molecule has 0 spiro atoms. The van der Waals surface area contributed by atoms with Gasteiger partial charge in [-0.1, -0.05) is 33.8 Å². The van der Waals surface area contributed by atoms with Crippen molar-refractivity contribution in [2.75, 3.05) is 0 Å². The lowest BCUT2D eigenvalue weighted by Gasteiger charge is -2.44. The van der Waals surface area contributed by atoms with Crippen molar-refractivity contribution in [2.24, 2.45) is 5.41 Å². The van der Waals surface area contributed by atoms with Gasteiger partial charge in [-0.3, -0.25) is 0 Å². The third-order valence-corrected chi connectivity index (χ3v) is 11.3. The van der Waals surface area contributed by atoms with Crippen LogP contribution >= 0.6 is 11.3 Å². The van der Waals surface area contributed by atoms with Crippen LogP contribution in [-0.4, -0.2) is 8.32 Å². The van der Waals surface area contributed by atoms with Gasteiger partial charge in [0.1, 0.15) is 0 Å². The van der Waals surface area contributed by atoms with E-state index in [-0.39, 0.29) is 16.1 Å². The van der Waals surface area contributed by atoms with Gasteiger partial charge in [0.05, 0.1) is 5.60 Å². The van der Waals surface area contributed by atoms with E-state index in [1.165, 1.54) is 4.88 Å². The zero-order valence-electron chi connectivity index (χ0n) is 12.0. The van der Waals surface area contributed by atoms with Crippen molar-refractivity contribution in [1.29, 1.82) is 0 Å². The molecule has 3 heteroatoms. The number of hydrogen-bond donors (Lipinski definition) is 0. The molecule has 0 aromatic carbocycles. The maximum absolute atomic E-state index is 6.66. The first-order chi connectivity index (χ1) is 7.56. The molecular weight excluding hydrogens is 244 g/mol. The Morgan fingerprint density at radius 3 is 2.06 bits per heavy atom. The van der Waals surface area contributed by atoms with Crippen LogP contribution in [0.3, 0.4) is 0 Å². The van der Waals surface area contributed by atoms with Crippen LogP contribution in [0, 0.1) is 5.41 Å². The maximum Gasteiger partial charge on any atom is 0.194 e. The molecule has 96 valence electrons. The molecule has 1 atom stereocenters. The summed E-state index contributed by atoms with van der Waals surface area (Å²) < 4.78 is 6.66. The van der Waals surface area contributed by atoms with Crippen molar-refractivity contribution in [1.82, 2.24) is 0 Å². The van der Waals surface area contributed by atoms with Gasteiger partial charge in [-0.25, -0.2) is 0 Å². The first-order valence-corrected chi connectivity index (χ1v) is 10.1. The van der Waals surface area contributed by atoms with Crippen LogP contribution in [0.2, 0.25) is 18.1 Å². The summed E-state index contributed by atoms with van der Waals surface area (Å²) in [7, 11) is -1.69. The Morgan fingerprint density at radius 2 is 1.71 bits per heavy atom. The zero-order chi connectivity index (χ0) is 13.1. The second-order valence-electron chi connectivity index (χ2n) is 6.87. The molecule has 1 saturated heterocycles. The summed E-state index contributed by atoms with van der Waals surface area (Å²) in [6.45, 7) is 16.5. The zero-order valence-corrected chi connectivity index (χ0v) is 13.9. The highest BCUT2D eigenvalue weighted by Gasteiger charge is 2.67. The van der Waals surface area contributed by atoms with Crippen molar-refractivity contribution < 1.29 is 4.43 Å². The molecule has 0 saturated carbocycles. The lowest BCUT2D eigenvalue weighted by molar-refractivity contribution is -0.00499. The van der Waals surface area contributed by atoms with Crippen LogP contribution in [0.5, 0.6) is 0 Å². The van der Waals surface area contributed by atoms with Gasteiger partial charge in [0.2, 0.25) is 0 Å². The third kappa shape index (κ3) is 1.45. The van der Waals surface area contributed by atoms with Gasteiger partial charge in [-0.15, -0.1) is 11.3 Å². The summed E-state index contributed by atoms with van der Waals surface area (Å²) in [5.41, 5.74) is 0.0148. The van der Waals surface area contributed by atoms with E-state index in [0.717, 1.165) is 0 Å². The van der Waals surface area contributed by atoms with Crippen LogP contribution in [0.15, 0.2) is 17.5 Å². The topological polar surface area (TPSA) is 9.23 Å². The van der Waals surface area contributed by atoms with Crippen molar-refractivity contribution >= 4 is 19.7 Å². The van der Waals surface area contributed by atoms with E-state index in [4.69, 9.17) is 4.43 Å². The van der Waals surface area contributed by atoms with Crippen LogP contribution in [0.4, 0.5) is 0 Å². The van der Waals surface area contributed by atoms with Gasteiger partial charge in [0, 0.05) is 10.3 Å². The average molecular weight is 268 g/mol. The molecule has 2 heterocycles. The minimum absolute atomic E-state index is 0.139. The highest BCUT2D eigenvalue weighted by Crippen LogP contribution is 2.68. The molecule has 0 radical (unpaired) electrons. The Kier molecular flexibility index (Phi) is 2.71. The first kappa shape index (κ1) is 13.3. The smallest absolute Gasteiger partial charge is 0.194 e. The van der Waals surface area contributed by atoms with Crippen LogP contribution in [0.1, 0.15) is 39.5 Å². The van der Waals surface area contributed by atoms with Crippen molar-refractivity contribution in [2.45, 2.75) is 58.4 Å². The number of rotatable bonds is 1. The van der Waals surface area contributed by atoms with E-state index >= 15 is 0 Å². The fourth-order valence-electron chi connectivity index (χ4n) is 3.02. The fourth-order valence-corrected chi connectivity index (χ4v) is 7.46. The van der Waals surface area contributed by atoms with Crippen LogP contribution < -0.4 is 0 Å². The second kappa shape index (κ2) is 3.46. The van der Waals surface area contributed by atoms with Gasteiger partial charge in [-0.05, 0) is 36.5 Å². The SMILES string of the molecule is CC1(c2cccs2)O[Si](C)(C)C(C)(C)C1(C)C. The Balaban J connectivity index is 2.60. The number of hydrogen-bond acceptors (Lipinski definition) is 2. The lowest BCUT2D eigenvalue weighted by atomic mass is 9.67. The first-order valence-electron chi connectivity index (χ1n) is 6.30. The summed E-state index contributed by atoms with van der Waals surface area (Å²) >= 11 is 1.82. The Morgan fingerprint density at radius 1 is 1.12 bits per heavy atom. The molecule has 1 fully saturated rings. The molecule has 1 nitrogen and oxygen atoms in total. The van der Waals surface area contributed by atoms with E-state index in [2.05, 4.69) is 65.2 Å². The third-order valence-electron chi connectivity index (χ3n) is 5.71. The predicted molar refractivity (Wildman–Crippen MR) is 78.1 cm³/mol. The van der Waals surface area contributed by atoms with E-state index in [1.807, 2.05) is 11.3 Å². The molecule has 17 heavy (non-hydrogen) atoms. The fraction of sp³-hybridized carbons (Fsp3) is 0.714. The molecule has 1 aromatic rings. The van der Waals surface area contributed by atoms with Crippen molar-refractivity contribution in [3.05, 3.63) is 22.4 Å². The highest BCUT2D eigenvalue weighted by molar-refractivity contribution is 7.10.